The van der Waals surface area contributed by atoms with E-state index in [0.717, 1.165) is 11.2 Å². The molecule has 0 fully saturated rings. The third-order valence-corrected chi connectivity index (χ3v) is 9.30. The van der Waals surface area contributed by atoms with Gasteiger partial charge in [0.25, 0.3) is 0 Å². The molecule has 1 rings (SSSR count). The summed E-state index contributed by atoms with van der Waals surface area (Å²) in [7, 11) is -5.12. The van der Waals surface area contributed by atoms with Crippen molar-refractivity contribution in [3.8, 4) is 0 Å². The largest absolute Gasteiger partial charge is 0.223 e. The zero-order valence-corrected chi connectivity index (χ0v) is 14.3. The zero-order valence-electron chi connectivity index (χ0n) is 12.5. The maximum atomic E-state index is 12.7. The standard InChI is InChI=1S/C15H24O2SSi/c1-7-12-19(5,6)14-11-9-8-10-13(14)18(16,17)15(2,3)4/h7-11H,1,12H2,2-6H3. The number of allylic oxidation sites excluding steroid dienone is 1. The van der Waals surface area contributed by atoms with Gasteiger partial charge in [-0.3, -0.25) is 0 Å². The smallest absolute Gasteiger partial charge is 0.183 e. The number of hydrogen-bond acceptors (Lipinski definition) is 2. The van der Waals surface area contributed by atoms with E-state index < -0.39 is 22.7 Å². The lowest BCUT2D eigenvalue weighted by atomic mass is 10.3. The lowest BCUT2D eigenvalue weighted by molar-refractivity contribution is 0.561. The first-order valence-electron chi connectivity index (χ1n) is 6.49. The average molecular weight is 297 g/mol. The Labute approximate surface area is 118 Å². The van der Waals surface area contributed by atoms with E-state index in [1.807, 2.05) is 18.2 Å². The Hall–Kier alpha value is -0.873. The number of benzene rings is 1. The minimum atomic E-state index is -3.31. The molecule has 0 aliphatic rings. The van der Waals surface area contributed by atoms with E-state index in [-0.39, 0.29) is 0 Å². The van der Waals surface area contributed by atoms with Crippen molar-refractivity contribution in [3.05, 3.63) is 36.9 Å². The van der Waals surface area contributed by atoms with E-state index in [2.05, 4.69) is 19.7 Å². The van der Waals surface area contributed by atoms with Crippen LogP contribution in [0.4, 0.5) is 0 Å². The molecule has 0 heterocycles. The van der Waals surface area contributed by atoms with Crippen LogP contribution in [-0.4, -0.2) is 21.2 Å². The van der Waals surface area contributed by atoms with Gasteiger partial charge < -0.3 is 0 Å². The Morgan fingerprint density at radius 3 is 2.21 bits per heavy atom. The molecule has 0 amide bonds. The molecule has 19 heavy (non-hydrogen) atoms. The molecule has 4 heteroatoms. The second-order valence-corrected chi connectivity index (χ2v) is 13.9. The highest BCUT2D eigenvalue weighted by atomic mass is 32.2. The minimum Gasteiger partial charge on any atom is -0.223 e. The van der Waals surface area contributed by atoms with E-state index in [9.17, 15) is 8.42 Å². The van der Waals surface area contributed by atoms with Crippen molar-refractivity contribution in [2.24, 2.45) is 0 Å². The lowest BCUT2D eigenvalue weighted by Crippen LogP contribution is -2.45. The molecule has 106 valence electrons. The molecule has 2 nitrogen and oxygen atoms in total. The average Bonchev–Trinajstić information content (AvgIpc) is 2.27. The monoisotopic (exact) mass is 296 g/mol. The molecule has 0 radical (unpaired) electrons. The van der Waals surface area contributed by atoms with Gasteiger partial charge in [0.1, 0.15) is 0 Å². The van der Waals surface area contributed by atoms with Crippen LogP contribution >= 0.6 is 0 Å². The van der Waals surface area contributed by atoms with E-state index >= 15 is 0 Å². The summed E-state index contributed by atoms with van der Waals surface area (Å²) in [5.74, 6) is 0. The molecule has 0 atom stereocenters. The molecule has 0 unspecified atom stereocenters. The van der Waals surface area contributed by atoms with Gasteiger partial charge in [-0.15, -0.1) is 6.58 Å². The third-order valence-electron chi connectivity index (χ3n) is 3.37. The number of rotatable bonds is 4. The fourth-order valence-electron chi connectivity index (χ4n) is 2.06. The lowest BCUT2D eigenvalue weighted by Gasteiger charge is -2.27. The Morgan fingerprint density at radius 1 is 1.21 bits per heavy atom. The third kappa shape index (κ3) is 3.18. The molecular weight excluding hydrogens is 272 g/mol. The van der Waals surface area contributed by atoms with Crippen molar-refractivity contribution in [2.45, 2.75) is 49.6 Å². The molecule has 1 aromatic rings. The molecule has 0 N–H and O–H groups in total. The summed E-state index contributed by atoms with van der Waals surface area (Å²) in [6, 6.07) is 8.32. The van der Waals surface area contributed by atoms with Crippen molar-refractivity contribution >= 4 is 23.1 Å². The van der Waals surface area contributed by atoms with Gasteiger partial charge in [0.2, 0.25) is 0 Å². The van der Waals surface area contributed by atoms with Crippen LogP contribution in [0.25, 0.3) is 0 Å². The molecule has 0 aromatic heterocycles. The molecule has 0 aliphatic heterocycles. The summed E-state index contributed by atoms with van der Waals surface area (Å²) >= 11 is 0. The van der Waals surface area contributed by atoms with Gasteiger partial charge in [-0.25, -0.2) is 8.42 Å². The number of sulfone groups is 1. The van der Waals surface area contributed by atoms with E-state index in [1.165, 1.54) is 0 Å². The summed E-state index contributed by atoms with van der Waals surface area (Å²) in [6.07, 6.45) is 1.90. The Bertz CT molecular complexity index is 566. The van der Waals surface area contributed by atoms with Crippen LogP contribution in [0.5, 0.6) is 0 Å². The Balaban J connectivity index is 3.53. The molecule has 0 bridgehead atoms. The topological polar surface area (TPSA) is 34.1 Å². The van der Waals surface area contributed by atoms with Gasteiger partial charge in [0.15, 0.2) is 9.84 Å². The Kier molecular flexibility index (Phi) is 4.47. The zero-order chi connectivity index (χ0) is 14.9. The van der Waals surface area contributed by atoms with Crippen LogP contribution < -0.4 is 5.19 Å². The highest BCUT2D eigenvalue weighted by molar-refractivity contribution is 7.93. The van der Waals surface area contributed by atoms with Gasteiger partial charge in [0.05, 0.1) is 17.7 Å². The van der Waals surface area contributed by atoms with Crippen LogP contribution in [0.3, 0.4) is 0 Å². The van der Waals surface area contributed by atoms with E-state index in [1.54, 1.807) is 32.9 Å². The molecular formula is C15H24O2SSi. The van der Waals surface area contributed by atoms with Gasteiger partial charge in [-0.05, 0) is 38.1 Å². The predicted octanol–water partition coefficient (Wildman–Crippen LogP) is 3.36. The Morgan fingerprint density at radius 2 is 1.74 bits per heavy atom. The number of hydrogen-bond donors (Lipinski definition) is 0. The maximum Gasteiger partial charge on any atom is 0.183 e. The maximum absolute atomic E-state index is 12.7. The summed E-state index contributed by atoms with van der Waals surface area (Å²) in [6.45, 7) is 13.4. The molecule has 0 aliphatic carbocycles. The first kappa shape index (κ1) is 16.2. The predicted molar refractivity (Wildman–Crippen MR) is 85.5 cm³/mol. The van der Waals surface area contributed by atoms with Gasteiger partial charge in [0, 0.05) is 0 Å². The highest BCUT2D eigenvalue weighted by Crippen LogP contribution is 2.26. The highest BCUT2D eigenvalue weighted by Gasteiger charge is 2.36. The summed E-state index contributed by atoms with van der Waals surface area (Å²) in [4.78, 5) is 0.501. The van der Waals surface area contributed by atoms with Crippen molar-refractivity contribution in [1.29, 1.82) is 0 Å². The van der Waals surface area contributed by atoms with Crippen molar-refractivity contribution in [3.63, 3.8) is 0 Å². The molecule has 0 spiro atoms. The van der Waals surface area contributed by atoms with Crippen LogP contribution in [0.2, 0.25) is 19.1 Å². The summed E-state index contributed by atoms with van der Waals surface area (Å²) in [5, 5.41) is 1.00. The van der Waals surface area contributed by atoms with Crippen molar-refractivity contribution in [1.82, 2.24) is 0 Å². The molecule has 0 saturated heterocycles. The van der Waals surface area contributed by atoms with Crippen LogP contribution in [0, 0.1) is 0 Å². The SMILES string of the molecule is C=CC[Si](C)(C)c1ccccc1S(=O)(=O)C(C)(C)C. The van der Waals surface area contributed by atoms with Crippen LogP contribution in [0.1, 0.15) is 20.8 Å². The van der Waals surface area contributed by atoms with E-state index in [0.29, 0.717) is 4.90 Å². The summed E-state index contributed by atoms with van der Waals surface area (Å²) < 4.78 is 24.7. The first-order chi connectivity index (χ1) is 8.54. The second-order valence-electron chi connectivity index (χ2n) is 6.49. The fraction of sp³-hybridized carbons (Fsp3) is 0.467. The van der Waals surface area contributed by atoms with Crippen molar-refractivity contribution in [2.75, 3.05) is 0 Å². The van der Waals surface area contributed by atoms with E-state index in [4.69, 9.17) is 0 Å². The fourth-order valence-corrected chi connectivity index (χ4v) is 6.81. The van der Waals surface area contributed by atoms with Crippen LogP contribution in [-0.2, 0) is 9.84 Å². The first-order valence-corrected chi connectivity index (χ1v) is 11.2. The van der Waals surface area contributed by atoms with Crippen molar-refractivity contribution < 1.29 is 8.42 Å². The normalized spacial score (nSPS) is 13.3. The second kappa shape index (κ2) is 5.25. The molecule has 0 saturated carbocycles. The van der Waals surface area contributed by atoms with Gasteiger partial charge in [-0.1, -0.05) is 37.4 Å². The summed E-state index contributed by atoms with van der Waals surface area (Å²) in [5.41, 5.74) is 0. The van der Waals surface area contributed by atoms with Gasteiger partial charge in [-0.2, -0.15) is 0 Å². The molecule has 1 aromatic carbocycles. The minimum absolute atomic E-state index is 0.501. The quantitative estimate of drug-likeness (QED) is 0.630. The van der Waals surface area contributed by atoms with Crippen LogP contribution in [0.15, 0.2) is 41.8 Å². The van der Waals surface area contributed by atoms with Gasteiger partial charge >= 0.3 is 0 Å².